The van der Waals surface area contributed by atoms with Crippen molar-refractivity contribution < 1.29 is 15.0 Å². The molecule has 0 saturated heterocycles. The second kappa shape index (κ2) is 5.12. The number of aryl methyl sites for hydroxylation is 1. The molecular weight excluding hydrogens is 248 g/mol. The Bertz CT molecular complexity index is 336. The van der Waals surface area contributed by atoms with Crippen LogP contribution in [-0.4, -0.2) is 16.2 Å². The third-order valence-electron chi connectivity index (χ3n) is 1.94. The molecule has 0 bridgehead atoms. The number of aliphatic carboxylic acids is 1. The minimum absolute atomic E-state index is 0.0402. The van der Waals surface area contributed by atoms with Gasteiger partial charge >= 0.3 is 5.97 Å². The fourth-order valence-corrected chi connectivity index (χ4v) is 1.78. The number of hydrogen-bond acceptors (Lipinski definition) is 2. The Kier molecular flexibility index (Phi) is 4.10. The topological polar surface area (TPSA) is 57.5 Å². The summed E-state index contributed by atoms with van der Waals surface area (Å²) in [5, 5.41) is 17.5. The van der Waals surface area contributed by atoms with Gasteiger partial charge in [0.05, 0.1) is 6.61 Å². The van der Waals surface area contributed by atoms with Crippen LogP contribution in [0.4, 0.5) is 0 Å². The Morgan fingerprint density at radius 1 is 1.36 bits per heavy atom. The average Bonchev–Trinajstić information content (AvgIpc) is 2.16. The Labute approximate surface area is 90.5 Å². The van der Waals surface area contributed by atoms with Crippen LogP contribution < -0.4 is 0 Å². The maximum absolute atomic E-state index is 10.4. The smallest absolute Gasteiger partial charge is 0.303 e. The molecule has 14 heavy (non-hydrogen) atoms. The number of aliphatic hydroxyl groups is 1. The molecule has 0 unspecified atom stereocenters. The van der Waals surface area contributed by atoms with Crippen LogP contribution in [0.1, 0.15) is 17.5 Å². The molecule has 0 atom stereocenters. The average molecular weight is 259 g/mol. The summed E-state index contributed by atoms with van der Waals surface area (Å²) in [7, 11) is 0. The SMILES string of the molecule is O=C(O)CCc1cccc(CO)c1Br. The van der Waals surface area contributed by atoms with Crippen LogP contribution in [0.15, 0.2) is 22.7 Å². The molecule has 0 aliphatic carbocycles. The van der Waals surface area contributed by atoms with E-state index in [9.17, 15) is 4.79 Å². The molecule has 76 valence electrons. The molecule has 0 aliphatic rings. The van der Waals surface area contributed by atoms with Gasteiger partial charge in [0.2, 0.25) is 0 Å². The van der Waals surface area contributed by atoms with Crippen LogP contribution in [0.3, 0.4) is 0 Å². The minimum Gasteiger partial charge on any atom is -0.481 e. The van der Waals surface area contributed by atoms with E-state index in [4.69, 9.17) is 10.2 Å². The molecular formula is C10H11BrO3. The van der Waals surface area contributed by atoms with Gasteiger partial charge in [-0.05, 0) is 17.5 Å². The van der Waals surface area contributed by atoms with Crippen LogP contribution >= 0.6 is 15.9 Å². The molecule has 0 aliphatic heterocycles. The standard InChI is InChI=1S/C10H11BrO3/c11-10-7(4-5-9(13)14)2-1-3-8(10)6-12/h1-3,12H,4-6H2,(H,13,14). The van der Waals surface area contributed by atoms with Crippen LogP contribution in [0.5, 0.6) is 0 Å². The number of hydrogen-bond donors (Lipinski definition) is 2. The van der Waals surface area contributed by atoms with Gasteiger partial charge in [-0.3, -0.25) is 4.79 Å². The summed E-state index contributed by atoms with van der Waals surface area (Å²) in [6.45, 7) is -0.0402. The van der Waals surface area contributed by atoms with E-state index in [1.807, 2.05) is 12.1 Å². The fraction of sp³-hybridized carbons (Fsp3) is 0.300. The number of halogens is 1. The molecule has 0 radical (unpaired) electrons. The number of carbonyl (C=O) groups is 1. The van der Waals surface area contributed by atoms with Gasteiger partial charge in [-0.2, -0.15) is 0 Å². The first-order chi connectivity index (χ1) is 6.65. The summed E-state index contributed by atoms with van der Waals surface area (Å²) in [5.41, 5.74) is 1.70. The summed E-state index contributed by atoms with van der Waals surface area (Å²) in [4.78, 5) is 10.4. The molecule has 4 heteroatoms. The lowest BCUT2D eigenvalue weighted by atomic mass is 10.1. The molecule has 1 aromatic rings. The van der Waals surface area contributed by atoms with E-state index >= 15 is 0 Å². The fourth-order valence-electron chi connectivity index (χ4n) is 1.19. The second-order valence-corrected chi connectivity index (χ2v) is 3.74. The van der Waals surface area contributed by atoms with Crippen molar-refractivity contribution in [2.45, 2.75) is 19.4 Å². The summed E-state index contributed by atoms with van der Waals surface area (Å²) in [6.07, 6.45) is 0.581. The van der Waals surface area contributed by atoms with Crippen molar-refractivity contribution in [2.24, 2.45) is 0 Å². The highest BCUT2D eigenvalue weighted by Crippen LogP contribution is 2.22. The van der Waals surface area contributed by atoms with Crippen molar-refractivity contribution in [2.75, 3.05) is 0 Å². The molecule has 2 N–H and O–H groups in total. The van der Waals surface area contributed by atoms with Crippen molar-refractivity contribution in [3.63, 3.8) is 0 Å². The molecule has 1 aromatic carbocycles. The van der Waals surface area contributed by atoms with Gasteiger partial charge in [-0.1, -0.05) is 34.1 Å². The number of rotatable bonds is 4. The van der Waals surface area contributed by atoms with Crippen molar-refractivity contribution in [1.29, 1.82) is 0 Å². The first-order valence-electron chi connectivity index (χ1n) is 4.24. The van der Waals surface area contributed by atoms with Crippen molar-refractivity contribution in [3.05, 3.63) is 33.8 Å². The van der Waals surface area contributed by atoms with Crippen LogP contribution in [0.2, 0.25) is 0 Å². The molecule has 0 saturated carbocycles. The third-order valence-corrected chi connectivity index (χ3v) is 2.96. The normalized spacial score (nSPS) is 10.1. The molecule has 3 nitrogen and oxygen atoms in total. The highest BCUT2D eigenvalue weighted by molar-refractivity contribution is 9.10. The van der Waals surface area contributed by atoms with Gasteiger partial charge in [-0.15, -0.1) is 0 Å². The maximum Gasteiger partial charge on any atom is 0.303 e. The van der Waals surface area contributed by atoms with Gasteiger partial charge in [0.1, 0.15) is 0 Å². The molecule has 0 amide bonds. The second-order valence-electron chi connectivity index (χ2n) is 2.94. The maximum atomic E-state index is 10.4. The van der Waals surface area contributed by atoms with Gasteiger partial charge in [0, 0.05) is 10.9 Å². The molecule has 0 heterocycles. The zero-order valence-electron chi connectivity index (χ0n) is 7.53. The van der Waals surface area contributed by atoms with Crippen LogP contribution in [0, 0.1) is 0 Å². The van der Waals surface area contributed by atoms with Gasteiger partial charge in [0.25, 0.3) is 0 Å². The van der Waals surface area contributed by atoms with Crippen molar-refractivity contribution >= 4 is 21.9 Å². The van der Waals surface area contributed by atoms with E-state index in [-0.39, 0.29) is 13.0 Å². The third kappa shape index (κ3) is 2.82. The summed E-state index contributed by atoms with van der Waals surface area (Å²) < 4.78 is 0.809. The first-order valence-corrected chi connectivity index (χ1v) is 5.03. The van der Waals surface area contributed by atoms with Gasteiger partial charge < -0.3 is 10.2 Å². The number of benzene rings is 1. The molecule has 1 rings (SSSR count). The van der Waals surface area contributed by atoms with Gasteiger partial charge in [-0.25, -0.2) is 0 Å². The Morgan fingerprint density at radius 3 is 2.57 bits per heavy atom. The number of carboxylic acid groups (broad SMARTS) is 1. The highest BCUT2D eigenvalue weighted by atomic mass is 79.9. The van der Waals surface area contributed by atoms with Gasteiger partial charge in [0.15, 0.2) is 0 Å². The Balaban J connectivity index is 2.81. The van der Waals surface area contributed by atoms with E-state index < -0.39 is 5.97 Å². The van der Waals surface area contributed by atoms with Crippen LogP contribution in [0.25, 0.3) is 0 Å². The number of carboxylic acids is 1. The predicted molar refractivity (Wildman–Crippen MR) is 56.0 cm³/mol. The van der Waals surface area contributed by atoms with Crippen LogP contribution in [-0.2, 0) is 17.8 Å². The monoisotopic (exact) mass is 258 g/mol. The van der Waals surface area contributed by atoms with E-state index in [0.717, 1.165) is 15.6 Å². The molecule has 0 aromatic heterocycles. The molecule has 0 fully saturated rings. The lowest BCUT2D eigenvalue weighted by Crippen LogP contribution is -1.99. The molecule has 0 spiro atoms. The van der Waals surface area contributed by atoms with E-state index in [2.05, 4.69) is 15.9 Å². The summed E-state index contributed by atoms with van der Waals surface area (Å²) >= 11 is 3.34. The van der Waals surface area contributed by atoms with Crippen molar-refractivity contribution in [3.8, 4) is 0 Å². The zero-order valence-corrected chi connectivity index (χ0v) is 9.12. The summed E-state index contributed by atoms with van der Waals surface area (Å²) in [6, 6.07) is 5.47. The number of aliphatic hydroxyl groups excluding tert-OH is 1. The lowest BCUT2D eigenvalue weighted by Gasteiger charge is -2.06. The van der Waals surface area contributed by atoms with E-state index in [0.29, 0.717) is 6.42 Å². The zero-order chi connectivity index (χ0) is 10.6. The predicted octanol–water partition coefficient (Wildman–Crippen LogP) is 1.96. The minimum atomic E-state index is -0.814. The largest absolute Gasteiger partial charge is 0.481 e. The summed E-state index contributed by atoms with van der Waals surface area (Å²) in [5.74, 6) is -0.814. The van der Waals surface area contributed by atoms with E-state index in [1.54, 1.807) is 6.07 Å². The Morgan fingerprint density at radius 2 is 2.00 bits per heavy atom. The highest BCUT2D eigenvalue weighted by Gasteiger charge is 2.06. The lowest BCUT2D eigenvalue weighted by molar-refractivity contribution is -0.136. The Hall–Kier alpha value is -0.870. The van der Waals surface area contributed by atoms with Crippen molar-refractivity contribution in [1.82, 2.24) is 0 Å². The first kappa shape index (κ1) is 11.2. The quantitative estimate of drug-likeness (QED) is 0.868. The van der Waals surface area contributed by atoms with E-state index in [1.165, 1.54) is 0 Å².